The minimum atomic E-state index is -4.55. The smallest absolute Gasteiger partial charge is 0.349 e. The number of hydrogen-bond acceptors (Lipinski definition) is 2. The van der Waals surface area contributed by atoms with E-state index in [1.807, 2.05) is 29.6 Å². The van der Waals surface area contributed by atoms with Crippen molar-refractivity contribution >= 4 is 27.3 Å². The largest absolute Gasteiger partial charge is 0.417 e. The summed E-state index contributed by atoms with van der Waals surface area (Å²) in [7, 11) is 0. The predicted octanol–water partition coefficient (Wildman–Crippen LogP) is 5.28. The lowest BCUT2D eigenvalue weighted by Crippen LogP contribution is -2.35. The number of halogens is 3. The van der Waals surface area contributed by atoms with Gasteiger partial charge in [-0.1, -0.05) is 30.3 Å². The van der Waals surface area contributed by atoms with Crippen LogP contribution in [0.15, 0.2) is 53.9 Å². The molecule has 130 valence electrons. The van der Waals surface area contributed by atoms with Crippen molar-refractivity contribution in [2.75, 3.05) is 0 Å². The van der Waals surface area contributed by atoms with E-state index in [1.165, 1.54) is 18.2 Å². The van der Waals surface area contributed by atoms with Crippen LogP contribution in [-0.2, 0) is 12.6 Å². The molecule has 2 aromatic carbocycles. The Morgan fingerprint density at radius 3 is 2.56 bits per heavy atom. The summed E-state index contributed by atoms with van der Waals surface area (Å²) in [5, 5.41) is 5.82. The molecule has 1 aromatic heterocycles. The predicted molar refractivity (Wildman–Crippen MR) is 93.9 cm³/mol. The van der Waals surface area contributed by atoms with Crippen LogP contribution in [0.4, 0.5) is 13.2 Å². The molecule has 1 amide bonds. The van der Waals surface area contributed by atoms with Gasteiger partial charge in [0.1, 0.15) is 0 Å². The van der Waals surface area contributed by atoms with Crippen molar-refractivity contribution in [3.05, 3.63) is 70.6 Å². The minimum absolute atomic E-state index is 0.285. The molecule has 3 aromatic rings. The fraction of sp³-hybridized carbons (Fsp3) is 0.211. The number of benzene rings is 2. The quantitative estimate of drug-likeness (QED) is 0.671. The second-order valence-electron chi connectivity index (χ2n) is 5.88. The summed E-state index contributed by atoms with van der Waals surface area (Å²) in [6.45, 7) is 1.79. The van der Waals surface area contributed by atoms with E-state index in [0.29, 0.717) is 6.42 Å². The first-order chi connectivity index (χ1) is 11.9. The highest BCUT2D eigenvalue weighted by atomic mass is 32.1. The minimum Gasteiger partial charge on any atom is -0.349 e. The summed E-state index contributed by atoms with van der Waals surface area (Å²) in [6.07, 6.45) is -4.00. The van der Waals surface area contributed by atoms with Gasteiger partial charge in [0.15, 0.2) is 0 Å². The van der Waals surface area contributed by atoms with Crippen LogP contribution in [-0.4, -0.2) is 11.9 Å². The first-order valence-corrected chi connectivity index (χ1v) is 8.66. The van der Waals surface area contributed by atoms with Gasteiger partial charge in [-0.15, -0.1) is 11.3 Å². The fourth-order valence-corrected chi connectivity index (χ4v) is 3.78. The molecule has 3 rings (SSSR count). The third-order valence-electron chi connectivity index (χ3n) is 3.94. The Bertz CT molecular complexity index is 901. The zero-order valence-corrected chi connectivity index (χ0v) is 14.2. The number of fused-ring (bicyclic) bond motifs is 1. The van der Waals surface area contributed by atoms with Gasteiger partial charge in [-0.2, -0.15) is 13.2 Å². The molecular formula is C19H16F3NOS. The Kier molecular flexibility index (Phi) is 4.81. The Morgan fingerprint density at radius 1 is 1.12 bits per heavy atom. The van der Waals surface area contributed by atoms with Crippen molar-refractivity contribution in [2.45, 2.75) is 25.6 Å². The third kappa shape index (κ3) is 3.85. The Balaban J connectivity index is 1.75. The van der Waals surface area contributed by atoms with Crippen LogP contribution in [0.1, 0.15) is 28.4 Å². The summed E-state index contributed by atoms with van der Waals surface area (Å²) in [5.41, 5.74) is -0.185. The number of hydrogen-bond donors (Lipinski definition) is 1. The van der Waals surface area contributed by atoms with E-state index in [9.17, 15) is 18.0 Å². The summed E-state index contributed by atoms with van der Waals surface area (Å²) in [4.78, 5) is 12.3. The van der Waals surface area contributed by atoms with Crippen LogP contribution in [0.5, 0.6) is 0 Å². The van der Waals surface area contributed by atoms with E-state index in [-0.39, 0.29) is 11.6 Å². The molecule has 0 bridgehead atoms. The second-order valence-corrected chi connectivity index (χ2v) is 6.79. The highest BCUT2D eigenvalue weighted by molar-refractivity contribution is 7.17. The number of amides is 1. The molecule has 0 saturated carbocycles. The average molecular weight is 363 g/mol. The van der Waals surface area contributed by atoms with E-state index >= 15 is 0 Å². The molecule has 0 fully saturated rings. The molecule has 0 aliphatic carbocycles. The SMILES string of the molecule is CC(Cc1csc2ccccc12)NC(=O)c1ccccc1C(F)(F)F. The van der Waals surface area contributed by atoms with Crippen molar-refractivity contribution in [3.63, 3.8) is 0 Å². The van der Waals surface area contributed by atoms with E-state index in [2.05, 4.69) is 5.32 Å². The number of rotatable bonds is 4. The van der Waals surface area contributed by atoms with Gasteiger partial charge >= 0.3 is 6.18 Å². The molecule has 1 heterocycles. The number of thiophene rings is 1. The number of alkyl halides is 3. The topological polar surface area (TPSA) is 29.1 Å². The van der Waals surface area contributed by atoms with E-state index in [1.54, 1.807) is 18.3 Å². The highest BCUT2D eigenvalue weighted by Gasteiger charge is 2.35. The molecule has 2 nitrogen and oxygen atoms in total. The molecule has 6 heteroatoms. The summed E-state index contributed by atoms with van der Waals surface area (Å²) in [6, 6.07) is 12.5. The normalized spacial score (nSPS) is 13.0. The zero-order chi connectivity index (χ0) is 18.0. The van der Waals surface area contributed by atoms with Crippen LogP contribution in [0.2, 0.25) is 0 Å². The number of carbonyl (C=O) groups is 1. The Morgan fingerprint density at radius 2 is 1.80 bits per heavy atom. The van der Waals surface area contributed by atoms with Gasteiger partial charge < -0.3 is 5.32 Å². The summed E-state index contributed by atoms with van der Waals surface area (Å²) >= 11 is 1.62. The van der Waals surface area contributed by atoms with Gasteiger partial charge in [-0.05, 0) is 47.9 Å². The highest BCUT2D eigenvalue weighted by Crippen LogP contribution is 2.32. The first-order valence-electron chi connectivity index (χ1n) is 7.78. The Labute approximate surface area is 147 Å². The monoisotopic (exact) mass is 363 g/mol. The Hall–Kier alpha value is -2.34. The van der Waals surface area contributed by atoms with Crippen molar-refractivity contribution in [2.24, 2.45) is 0 Å². The maximum Gasteiger partial charge on any atom is 0.417 e. The standard InChI is InChI=1S/C19H16F3NOS/c1-12(10-13-11-25-17-9-5-3-6-14(13)17)23-18(24)15-7-2-4-8-16(15)19(20,21)22/h2-9,11-12H,10H2,1H3,(H,23,24). The molecular weight excluding hydrogens is 347 g/mol. The van der Waals surface area contributed by atoms with Crippen LogP contribution < -0.4 is 5.32 Å². The number of carbonyl (C=O) groups excluding carboxylic acids is 1. The van der Waals surface area contributed by atoms with Crippen LogP contribution >= 0.6 is 11.3 Å². The average Bonchev–Trinajstić information content (AvgIpc) is 2.97. The fourth-order valence-electron chi connectivity index (χ4n) is 2.80. The lowest BCUT2D eigenvalue weighted by Gasteiger charge is -2.16. The van der Waals surface area contributed by atoms with Gasteiger partial charge in [0, 0.05) is 10.7 Å². The van der Waals surface area contributed by atoms with Crippen LogP contribution in [0.3, 0.4) is 0 Å². The molecule has 0 aliphatic rings. The maximum atomic E-state index is 13.0. The molecule has 0 spiro atoms. The lowest BCUT2D eigenvalue weighted by atomic mass is 10.0. The van der Waals surface area contributed by atoms with Crippen LogP contribution in [0.25, 0.3) is 10.1 Å². The summed E-state index contributed by atoms with van der Waals surface area (Å²) < 4.78 is 40.3. The van der Waals surface area contributed by atoms with E-state index < -0.39 is 17.6 Å². The van der Waals surface area contributed by atoms with Gasteiger partial charge in [-0.25, -0.2) is 0 Å². The lowest BCUT2D eigenvalue weighted by molar-refractivity contribution is -0.137. The molecule has 0 saturated heterocycles. The van der Waals surface area contributed by atoms with Gasteiger partial charge in [-0.3, -0.25) is 4.79 Å². The van der Waals surface area contributed by atoms with Crippen molar-refractivity contribution in [1.82, 2.24) is 5.32 Å². The molecule has 1 unspecified atom stereocenters. The first kappa shape index (κ1) is 17.5. The third-order valence-corrected chi connectivity index (χ3v) is 4.95. The second kappa shape index (κ2) is 6.88. The van der Waals surface area contributed by atoms with Gasteiger partial charge in [0.2, 0.25) is 0 Å². The van der Waals surface area contributed by atoms with E-state index in [4.69, 9.17) is 0 Å². The van der Waals surface area contributed by atoms with E-state index in [0.717, 1.165) is 21.7 Å². The van der Waals surface area contributed by atoms with Gasteiger partial charge in [0.25, 0.3) is 5.91 Å². The summed E-state index contributed by atoms with van der Waals surface area (Å²) in [5.74, 6) is -0.708. The maximum absolute atomic E-state index is 13.0. The molecule has 0 radical (unpaired) electrons. The van der Waals surface area contributed by atoms with Crippen molar-refractivity contribution in [1.29, 1.82) is 0 Å². The van der Waals surface area contributed by atoms with Crippen LogP contribution in [0, 0.1) is 0 Å². The van der Waals surface area contributed by atoms with Crippen molar-refractivity contribution < 1.29 is 18.0 Å². The molecule has 0 aliphatic heterocycles. The zero-order valence-electron chi connectivity index (χ0n) is 13.4. The van der Waals surface area contributed by atoms with Gasteiger partial charge in [0.05, 0.1) is 11.1 Å². The molecule has 1 N–H and O–H groups in total. The number of nitrogens with one attached hydrogen (secondary N) is 1. The van der Waals surface area contributed by atoms with Crippen molar-refractivity contribution in [3.8, 4) is 0 Å². The molecule has 25 heavy (non-hydrogen) atoms. The molecule has 1 atom stereocenters.